The Labute approximate surface area is 208 Å². The van der Waals surface area contributed by atoms with E-state index in [1.807, 2.05) is 13.8 Å². The lowest BCUT2D eigenvalue weighted by molar-refractivity contribution is -0.149. The van der Waals surface area contributed by atoms with Crippen LogP contribution in [-0.4, -0.2) is 82.9 Å². The van der Waals surface area contributed by atoms with Gasteiger partial charge < -0.3 is 31.3 Å². The van der Waals surface area contributed by atoms with Crippen molar-refractivity contribution in [3.8, 4) is 0 Å². The molecular weight excluding hydrogens is 450 g/mol. The molecule has 0 spiro atoms. The average Bonchev–Trinajstić information content (AvgIpc) is 3.50. The lowest BCUT2D eigenvalue weighted by Gasteiger charge is -2.32. The molecule has 35 heavy (non-hydrogen) atoms. The summed E-state index contributed by atoms with van der Waals surface area (Å²) in [6, 6.07) is -2.29. The first-order chi connectivity index (χ1) is 16.7. The number of rotatable bonds is 14. The molecule has 10 nitrogen and oxygen atoms in total. The lowest BCUT2D eigenvalue weighted by atomic mass is 10.0. The Hall–Kier alpha value is -2.62. The van der Waals surface area contributed by atoms with Crippen LogP contribution in [0.2, 0.25) is 0 Å². The van der Waals surface area contributed by atoms with Gasteiger partial charge in [-0.2, -0.15) is 0 Å². The zero-order chi connectivity index (χ0) is 26.0. The quantitative estimate of drug-likeness (QED) is 0.266. The minimum atomic E-state index is -1.10. The topological polar surface area (TPSA) is 145 Å². The lowest BCUT2D eigenvalue weighted by Crippen LogP contribution is -2.55. The predicted molar refractivity (Wildman–Crippen MR) is 133 cm³/mol. The number of allylic oxidation sites excluding steroid dienone is 1. The highest BCUT2D eigenvalue weighted by atomic mass is 16.4. The standard InChI is InChI=1S/C25H43N5O5/c1-17(2)27-14-6-10-19(25(34)35)28-22(31)20-11-7-15-29(20)24(33)21-12-8-16-30(21)23(32)18(3)9-4-5-13-26/h18-21,27H,1,4-16,26H2,2-3H3,(H,28,31)(H,34,35). The first kappa shape index (κ1) is 28.6. The van der Waals surface area contributed by atoms with Crippen molar-refractivity contribution >= 4 is 23.7 Å². The number of carboxylic acid groups (broad SMARTS) is 1. The summed E-state index contributed by atoms with van der Waals surface area (Å²) < 4.78 is 0. The molecule has 2 saturated heterocycles. The number of hydrogen-bond donors (Lipinski definition) is 4. The number of carbonyl (C=O) groups excluding carboxylic acids is 3. The normalized spacial score (nSPS) is 21.5. The maximum atomic E-state index is 13.5. The van der Waals surface area contributed by atoms with Gasteiger partial charge in [0.2, 0.25) is 17.7 Å². The van der Waals surface area contributed by atoms with E-state index in [9.17, 15) is 24.3 Å². The molecule has 3 amide bonds. The first-order valence-electron chi connectivity index (χ1n) is 12.9. The molecule has 2 rings (SSSR count). The van der Waals surface area contributed by atoms with Crippen molar-refractivity contribution in [2.24, 2.45) is 11.7 Å². The fourth-order valence-electron chi connectivity index (χ4n) is 4.92. The van der Waals surface area contributed by atoms with Crippen LogP contribution < -0.4 is 16.4 Å². The second-order valence-electron chi connectivity index (χ2n) is 9.81. The Kier molecular flexibility index (Phi) is 11.5. The third-order valence-electron chi connectivity index (χ3n) is 6.88. The van der Waals surface area contributed by atoms with Gasteiger partial charge in [-0.25, -0.2) is 4.79 Å². The highest BCUT2D eigenvalue weighted by Gasteiger charge is 2.43. The molecule has 198 valence electrons. The van der Waals surface area contributed by atoms with Gasteiger partial charge in [-0.1, -0.05) is 19.9 Å². The Morgan fingerprint density at radius 3 is 2.31 bits per heavy atom. The summed E-state index contributed by atoms with van der Waals surface area (Å²) in [5.74, 6) is -1.95. The van der Waals surface area contributed by atoms with E-state index in [4.69, 9.17) is 5.73 Å². The average molecular weight is 494 g/mol. The third kappa shape index (κ3) is 8.23. The van der Waals surface area contributed by atoms with Gasteiger partial charge in [-0.15, -0.1) is 0 Å². The maximum absolute atomic E-state index is 13.5. The molecule has 0 aromatic heterocycles. The molecule has 2 heterocycles. The van der Waals surface area contributed by atoms with Crippen molar-refractivity contribution in [1.29, 1.82) is 0 Å². The molecule has 2 aliphatic heterocycles. The summed E-state index contributed by atoms with van der Waals surface area (Å²) in [5.41, 5.74) is 6.35. The molecule has 0 aliphatic carbocycles. The molecule has 0 radical (unpaired) electrons. The van der Waals surface area contributed by atoms with Crippen molar-refractivity contribution in [3.63, 3.8) is 0 Å². The van der Waals surface area contributed by atoms with Gasteiger partial charge in [0.25, 0.3) is 0 Å². The van der Waals surface area contributed by atoms with Crippen LogP contribution in [0.15, 0.2) is 12.3 Å². The Morgan fingerprint density at radius 2 is 1.69 bits per heavy atom. The summed E-state index contributed by atoms with van der Waals surface area (Å²) in [7, 11) is 0. The van der Waals surface area contributed by atoms with Crippen molar-refractivity contribution < 1.29 is 24.3 Å². The van der Waals surface area contributed by atoms with Gasteiger partial charge in [0, 0.05) is 31.2 Å². The number of likely N-dealkylation sites (tertiary alicyclic amines) is 2. The first-order valence-corrected chi connectivity index (χ1v) is 12.9. The Bertz CT molecular complexity index is 773. The summed E-state index contributed by atoms with van der Waals surface area (Å²) in [5, 5.41) is 15.2. The summed E-state index contributed by atoms with van der Waals surface area (Å²) in [6.45, 7) is 9.60. The van der Waals surface area contributed by atoms with Gasteiger partial charge in [-0.05, 0) is 64.8 Å². The zero-order valence-electron chi connectivity index (χ0n) is 21.3. The van der Waals surface area contributed by atoms with E-state index >= 15 is 0 Å². The number of hydrogen-bond acceptors (Lipinski definition) is 6. The van der Waals surface area contributed by atoms with Gasteiger partial charge >= 0.3 is 5.97 Å². The van der Waals surface area contributed by atoms with E-state index in [0.717, 1.165) is 31.4 Å². The van der Waals surface area contributed by atoms with Crippen LogP contribution in [-0.2, 0) is 19.2 Å². The molecule has 10 heteroatoms. The molecular formula is C25H43N5O5. The smallest absolute Gasteiger partial charge is 0.326 e. The summed E-state index contributed by atoms with van der Waals surface area (Å²) in [6.07, 6.45) is 5.79. The van der Waals surface area contributed by atoms with E-state index in [1.54, 1.807) is 9.80 Å². The number of unbranched alkanes of at least 4 members (excludes halogenated alkanes) is 1. The largest absolute Gasteiger partial charge is 0.480 e. The zero-order valence-corrected chi connectivity index (χ0v) is 21.3. The maximum Gasteiger partial charge on any atom is 0.326 e. The van der Waals surface area contributed by atoms with Gasteiger partial charge in [0.1, 0.15) is 18.1 Å². The number of nitrogens with one attached hydrogen (secondary N) is 2. The van der Waals surface area contributed by atoms with Crippen molar-refractivity contribution in [3.05, 3.63) is 12.3 Å². The van der Waals surface area contributed by atoms with Crippen molar-refractivity contribution in [2.45, 2.75) is 89.8 Å². The highest BCUT2D eigenvalue weighted by molar-refractivity contribution is 5.94. The molecule has 2 aliphatic rings. The summed E-state index contributed by atoms with van der Waals surface area (Å²) in [4.78, 5) is 54.4. The Balaban J connectivity index is 1.98. The van der Waals surface area contributed by atoms with Gasteiger partial charge in [-0.3, -0.25) is 14.4 Å². The molecule has 5 N–H and O–H groups in total. The molecule has 2 fully saturated rings. The summed E-state index contributed by atoms with van der Waals surface area (Å²) >= 11 is 0. The number of carbonyl (C=O) groups is 4. The molecule has 0 bridgehead atoms. The minimum Gasteiger partial charge on any atom is -0.480 e. The van der Waals surface area contributed by atoms with Gasteiger partial charge in [0.15, 0.2) is 0 Å². The van der Waals surface area contributed by atoms with Crippen LogP contribution in [0.4, 0.5) is 0 Å². The number of carboxylic acids is 1. The third-order valence-corrected chi connectivity index (χ3v) is 6.88. The minimum absolute atomic E-state index is 0.0209. The van der Waals surface area contributed by atoms with Crippen LogP contribution in [0.3, 0.4) is 0 Å². The van der Waals surface area contributed by atoms with E-state index in [2.05, 4.69) is 17.2 Å². The monoisotopic (exact) mass is 493 g/mol. The van der Waals surface area contributed by atoms with Gasteiger partial charge in [0.05, 0.1) is 0 Å². The molecule has 0 aromatic carbocycles. The van der Waals surface area contributed by atoms with E-state index in [0.29, 0.717) is 51.9 Å². The van der Waals surface area contributed by atoms with Crippen LogP contribution in [0.1, 0.15) is 71.6 Å². The fraction of sp³-hybridized carbons (Fsp3) is 0.760. The van der Waals surface area contributed by atoms with Crippen LogP contribution in [0.25, 0.3) is 0 Å². The fourth-order valence-corrected chi connectivity index (χ4v) is 4.92. The Morgan fingerprint density at radius 1 is 1.03 bits per heavy atom. The molecule has 4 unspecified atom stereocenters. The van der Waals surface area contributed by atoms with Crippen LogP contribution >= 0.6 is 0 Å². The van der Waals surface area contributed by atoms with Crippen LogP contribution in [0, 0.1) is 5.92 Å². The van der Waals surface area contributed by atoms with Crippen LogP contribution in [0.5, 0.6) is 0 Å². The number of nitrogens with zero attached hydrogens (tertiary/aromatic N) is 2. The van der Waals surface area contributed by atoms with Crippen molar-refractivity contribution in [1.82, 2.24) is 20.4 Å². The molecule has 0 saturated carbocycles. The van der Waals surface area contributed by atoms with E-state index in [-0.39, 0.29) is 24.2 Å². The predicted octanol–water partition coefficient (Wildman–Crippen LogP) is 1.21. The van der Waals surface area contributed by atoms with Crippen molar-refractivity contribution in [2.75, 3.05) is 26.2 Å². The highest BCUT2D eigenvalue weighted by Crippen LogP contribution is 2.27. The van der Waals surface area contributed by atoms with E-state index < -0.39 is 30.0 Å². The number of nitrogens with two attached hydrogens (primary N) is 1. The second kappa shape index (κ2) is 14.1. The SMILES string of the molecule is C=C(C)NCCCC(NC(=O)C1CCCN1C(=O)C1CCCN1C(=O)C(C)CCCCN)C(=O)O. The number of aliphatic carboxylic acids is 1. The molecule has 0 aromatic rings. The number of amides is 3. The van der Waals surface area contributed by atoms with E-state index in [1.165, 1.54) is 0 Å². The molecule has 4 atom stereocenters. The second-order valence-corrected chi connectivity index (χ2v) is 9.81.